The van der Waals surface area contributed by atoms with Gasteiger partial charge in [-0.05, 0) is 59.3 Å². The van der Waals surface area contributed by atoms with Crippen molar-refractivity contribution in [3.05, 3.63) is 97.1 Å². The van der Waals surface area contributed by atoms with Crippen LogP contribution in [0.4, 0.5) is 16.2 Å². The highest BCUT2D eigenvalue weighted by Crippen LogP contribution is 2.34. The Morgan fingerprint density at radius 3 is 1.23 bits per heavy atom. The number of rotatable bonds is 10. The van der Waals surface area contributed by atoms with Gasteiger partial charge in [0.2, 0.25) is 0 Å². The Kier molecular flexibility index (Phi) is 9.62. The molecule has 6 aromatic carbocycles. The maximum atomic E-state index is 13.1. The molecule has 0 aliphatic rings. The van der Waals surface area contributed by atoms with E-state index in [0.717, 1.165) is 48.5 Å². The van der Waals surface area contributed by atoms with Crippen molar-refractivity contribution < 1.29 is 66.8 Å². The number of urea groups is 1. The van der Waals surface area contributed by atoms with Crippen LogP contribution in [0.2, 0.25) is 0 Å². The Hall–Kier alpha value is -6.53. The number of nitrogens with one attached hydrogen (secondary N) is 2. The molecule has 0 saturated heterocycles. The number of nitrogens with zero attached hydrogens (tertiary/aromatic N) is 6. The summed E-state index contributed by atoms with van der Waals surface area (Å²) in [5, 5.41) is 40.9. The van der Waals surface area contributed by atoms with Gasteiger partial charge in [-0.15, -0.1) is 38.7 Å². The zero-order valence-electron chi connectivity index (χ0n) is 29.3. The molecule has 0 atom stereocenters. The van der Waals surface area contributed by atoms with Crippen LogP contribution in [0.1, 0.15) is 0 Å². The zero-order chi connectivity index (χ0) is 42.9. The van der Waals surface area contributed by atoms with Crippen LogP contribution >= 0.6 is 0 Å². The lowest BCUT2D eigenvalue weighted by atomic mass is 10.1. The summed E-state index contributed by atoms with van der Waals surface area (Å²) in [6.07, 6.45) is 0. The minimum Gasteiger partial charge on any atom is -0.308 e. The average Bonchev–Trinajstić information content (AvgIpc) is 3.86. The Bertz CT molecular complexity index is 3360. The molecule has 2 heterocycles. The quantitative estimate of drug-likeness (QED) is 0.0642. The lowest BCUT2D eigenvalue weighted by Crippen LogP contribution is -2.20. The molecular formula is C33H22N8O15S4. The normalized spacial score (nSPS) is 12.7. The highest BCUT2D eigenvalue weighted by Gasteiger charge is 2.28. The van der Waals surface area contributed by atoms with Crippen LogP contribution in [0.3, 0.4) is 0 Å². The Morgan fingerprint density at radius 2 is 0.867 bits per heavy atom. The van der Waals surface area contributed by atoms with Crippen molar-refractivity contribution in [1.82, 2.24) is 30.0 Å². The number of fused-ring (bicyclic) bond motifs is 6. The van der Waals surface area contributed by atoms with Crippen LogP contribution in [0, 0.1) is 0 Å². The predicted octanol–water partition coefficient (Wildman–Crippen LogP) is 3.95. The van der Waals surface area contributed by atoms with Gasteiger partial charge in [0.25, 0.3) is 20.2 Å². The largest absolute Gasteiger partial charge is 0.325 e. The highest BCUT2D eigenvalue weighted by molar-refractivity contribution is 7.87. The molecule has 0 aliphatic carbocycles. The van der Waals surface area contributed by atoms with Gasteiger partial charge in [-0.25, -0.2) is 15.3 Å². The lowest BCUT2D eigenvalue weighted by molar-refractivity contribution is -0.130. The molecule has 8 aromatic rings. The van der Waals surface area contributed by atoms with Crippen molar-refractivity contribution in [3.8, 4) is 11.4 Å². The summed E-state index contributed by atoms with van der Waals surface area (Å²) >= 11 is 0. The van der Waals surface area contributed by atoms with E-state index in [1.165, 1.54) is 0 Å². The molecule has 0 unspecified atom stereocenters. The van der Waals surface area contributed by atoms with Crippen molar-refractivity contribution in [1.29, 1.82) is 0 Å². The molecule has 2 aromatic heterocycles. The van der Waals surface area contributed by atoms with Gasteiger partial charge < -0.3 is 10.6 Å². The van der Waals surface area contributed by atoms with E-state index in [0.29, 0.717) is 31.1 Å². The van der Waals surface area contributed by atoms with E-state index in [1.54, 1.807) is 48.5 Å². The molecule has 8 rings (SSSR count). The first-order valence-corrected chi connectivity index (χ1v) is 22.0. The van der Waals surface area contributed by atoms with Gasteiger partial charge in [0.1, 0.15) is 53.0 Å². The molecule has 0 fully saturated rings. The number of anilines is 2. The molecule has 2 amide bonds. The molecular weight excluding hydrogens is 877 g/mol. The average molecular weight is 899 g/mol. The summed E-state index contributed by atoms with van der Waals surface area (Å²) in [6.45, 7) is 0. The van der Waals surface area contributed by atoms with E-state index in [4.69, 9.17) is 10.5 Å². The van der Waals surface area contributed by atoms with Crippen molar-refractivity contribution in [2.75, 3.05) is 10.6 Å². The van der Waals surface area contributed by atoms with Gasteiger partial charge in [-0.3, -0.25) is 9.11 Å². The van der Waals surface area contributed by atoms with Crippen LogP contribution in [0.15, 0.2) is 117 Å². The SMILES string of the molecule is O=C(Nc1ccc(-n2nc3c(S(=O)(=O)OO)cc4ccccc4c3n2)c(S(=O)(=O)O)c1)Nc1ccc(-n2nc3c(S(=O)(=O)OO)cc4ccccc4c3n2)c(S(=O)(=O)O)c1. The van der Waals surface area contributed by atoms with Crippen LogP contribution in [0.5, 0.6) is 0 Å². The summed E-state index contributed by atoms with van der Waals surface area (Å²) < 4.78 is 128. The molecule has 27 heteroatoms. The van der Waals surface area contributed by atoms with Crippen LogP contribution in [-0.4, -0.2) is 89.3 Å². The fourth-order valence-corrected chi connectivity index (χ4v) is 9.13. The third-order valence-corrected chi connectivity index (χ3v) is 12.7. The minimum atomic E-state index is -5.13. The zero-order valence-corrected chi connectivity index (χ0v) is 32.6. The molecule has 308 valence electrons. The number of amides is 2. The Morgan fingerprint density at radius 1 is 0.500 bits per heavy atom. The highest BCUT2D eigenvalue weighted by atomic mass is 32.2. The van der Waals surface area contributed by atoms with E-state index in [2.05, 4.69) is 39.7 Å². The summed E-state index contributed by atoms with van der Waals surface area (Å²) in [7, 11) is -19.8. The second kappa shape index (κ2) is 14.3. The van der Waals surface area contributed by atoms with Crippen LogP contribution in [-0.2, 0) is 49.1 Å². The number of carbonyl (C=O) groups is 1. The number of hydrogen-bond acceptors (Lipinski definition) is 17. The maximum absolute atomic E-state index is 13.1. The van der Waals surface area contributed by atoms with Gasteiger partial charge >= 0.3 is 26.3 Å². The Labute approximate surface area is 335 Å². The molecule has 23 nitrogen and oxygen atoms in total. The van der Waals surface area contributed by atoms with E-state index in [1.807, 2.05) is 0 Å². The van der Waals surface area contributed by atoms with Gasteiger partial charge in [-0.1, -0.05) is 48.5 Å². The molecule has 0 radical (unpaired) electrons. The number of aromatic nitrogens is 6. The Balaban J connectivity index is 1.13. The van der Waals surface area contributed by atoms with Crippen LogP contribution in [0.25, 0.3) is 55.0 Å². The second-order valence-electron chi connectivity index (χ2n) is 12.5. The fourth-order valence-electron chi connectivity index (χ4n) is 6.30. The number of benzene rings is 6. The lowest BCUT2D eigenvalue weighted by Gasteiger charge is -2.12. The standard InChI is InChI=1S/C33H22N8O15S4/c42-33(34-19-9-11-23(25(15-19)57(45,46)47)40-36-29-21-7-3-1-5-17(21)13-27(31(29)38-40)59(51,52)55-43)35-20-10-12-24(26(16-20)58(48,49)50)41-37-30-22-8-4-2-6-18(22)14-28(32(30)39-41)60(53,54)56-44/h1-16,43-44H,(H2,34,35,42)(H,45,46,47)(H,48,49,50). The predicted molar refractivity (Wildman–Crippen MR) is 207 cm³/mol. The first-order chi connectivity index (χ1) is 28.3. The van der Waals surface area contributed by atoms with E-state index >= 15 is 0 Å². The van der Waals surface area contributed by atoms with Gasteiger partial charge in [0.15, 0.2) is 0 Å². The maximum Gasteiger partial charge on any atom is 0.325 e. The fraction of sp³-hybridized carbons (Fsp3) is 0. The van der Waals surface area contributed by atoms with Crippen LogP contribution < -0.4 is 10.6 Å². The smallest absolute Gasteiger partial charge is 0.308 e. The summed E-state index contributed by atoms with van der Waals surface area (Å²) in [4.78, 5) is 11.6. The summed E-state index contributed by atoms with van der Waals surface area (Å²) in [5.74, 6) is 0. The van der Waals surface area contributed by atoms with E-state index in [-0.39, 0.29) is 33.4 Å². The van der Waals surface area contributed by atoms with E-state index in [9.17, 15) is 47.6 Å². The van der Waals surface area contributed by atoms with Gasteiger partial charge in [0, 0.05) is 22.1 Å². The number of hydrogen-bond donors (Lipinski definition) is 6. The molecule has 0 saturated carbocycles. The molecule has 0 aliphatic heterocycles. The van der Waals surface area contributed by atoms with Crippen molar-refractivity contribution in [3.63, 3.8) is 0 Å². The van der Waals surface area contributed by atoms with Gasteiger partial charge in [0.05, 0.1) is 0 Å². The second-order valence-corrected chi connectivity index (χ2v) is 18.3. The molecule has 0 bridgehead atoms. The molecule has 0 spiro atoms. The molecule has 60 heavy (non-hydrogen) atoms. The molecule has 6 N–H and O–H groups in total. The van der Waals surface area contributed by atoms with Crippen molar-refractivity contribution >= 4 is 101 Å². The van der Waals surface area contributed by atoms with Crippen molar-refractivity contribution in [2.24, 2.45) is 0 Å². The number of carbonyl (C=O) groups excluding carboxylic acids is 1. The summed E-state index contributed by atoms with van der Waals surface area (Å²) in [5.41, 5.74) is -2.11. The topological polar surface area (TPSA) is 338 Å². The van der Waals surface area contributed by atoms with Crippen molar-refractivity contribution in [2.45, 2.75) is 19.6 Å². The van der Waals surface area contributed by atoms with Gasteiger partial charge in [-0.2, -0.15) is 33.7 Å². The third-order valence-electron chi connectivity index (χ3n) is 8.86. The summed E-state index contributed by atoms with van der Waals surface area (Å²) in [6, 6.07) is 19.9. The third kappa shape index (κ3) is 7.14. The first kappa shape index (κ1) is 40.3. The minimum absolute atomic E-state index is 0.0547. The monoisotopic (exact) mass is 898 g/mol. The first-order valence-electron chi connectivity index (χ1n) is 16.3. The van der Waals surface area contributed by atoms with E-state index < -0.39 is 77.5 Å².